The second-order valence-electron chi connectivity index (χ2n) is 3.36. The van der Waals surface area contributed by atoms with Crippen molar-refractivity contribution < 1.29 is 4.74 Å². The molecule has 0 aromatic rings. The second kappa shape index (κ2) is 4.04. The first kappa shape index (κ1) is 8.97. The predicted molar refractivity (Wildman–Crippen MR) is 45.5 cm³/mol. The van der Waals surface area contributed by atoms with Crippen LogP contribution in [0.15, 0.2) is 0 Å². The molecule has 1 aliphatic rings. The van der Waals surface area contributed by atoms with E-state index in [0.29, 0.717) is 0 Å². The van der Waals surface area contributed by atoms with Gasteiger partial charge in [-0.25, -0.2) is 0 Å². The van der Waals surface area contributed by atoms with E-state index in [2.05, 4.69) is 5.32 Å². The van der Waals surface area contributed by atoms with Gasteiger partial charge in [0.25, 0.3) is 0 Å². The Morgan fingerprint density at radius 3 is 2.64 bits per heavy atom. The minimum Gasteiger partial charge on any atom is -0.385 e. The summed E-state index contributed by atoms with van der Waals surface area (Å²) < 4.78 is 5.01. The van der Waals surface area contributed by atoms with Crippen LogP contribution in [-0.2, 0) is 4.74 Å². The average Bonchev–Trinajstić information content (AvgIpc) is 2.03. The van der Waals surface area contributed by atoms with Crippen molar-refractivity contribution in [1.29, 1.82) is 0 Å². The van der Waals surface area contributed by atoms with Gasteiger partial charge in [-0.15, -0.1) is 0 Å². The summed E-state index contributed by atoms with van der Waals surface area (Å²) in [4.78, 5) is 0. The molecule has 0 aliphatic carbocycles. The Balaban J connectivity index is 2.25. The molecule has 0 bridgehead atoms. The second-order valence-corrected chi connectivity index (χ2v) is 3.36. The lowest BCUT2D eigenvalue weighted by Crippen LogP contribution is -2.49. The molecule has 0 atom stereocenters. The van der Waals surface area contributed by atoms with Crippen LogP contribution in [0.1, 0.15) is 19.3 Å². The minimum absolute atomic E-state index is 0.0429. The highest BCUT2D eigenvalue weighted by Gasteiger charge is 2.26. The molecule has 0 spiro atoms. The van der Waals surface area contributed by atoms with Gasteiger partial charge in [0.15, 0.2) is 0 Å². The van der Waals surface area contributed by atoms with Gasteiger partial charge in [0, 0.05) is 19.3 Å². The quantitative estimate of drug-likeness (QED) is 0.612. The van der Waals surface area contributed by atoms with Crippen LogP contribution in [0.3, 0.4) is 0 Å². The first-order valence-corrected chi connectivity index (χ1v) is 4.25. The van der Waals surface area contributed by atoms with Gasteiger partial charge in [-0.05, 0) is 32.4 Å². The van der Waals surface area contributed by atoms with Crippen molar-refractivity contribution in [3.05, 3.63) is 0 Å². The number of nitrogens with two attached hydrogens (primary N) is 1. The fourth-order valence-corrected chi connectivity index (χ4v) is 1.48. The summed E-state index contributed by atoms with van der Waals surface area (Å²) in [7, 11) is 1.73. The molecule has 1 fully saturated rings. The number of piperidine rings is 1. The first-order valence-electron chi connectivity index (χ1n) is 4.25. The summed E-state index contributed by atoms with van der Waals surface area (Å²) in [5.41, 5.74) is 6.17. The van der Waals surface area contributed by atoms with E-state index >= 15 is 0 Å². The Morgan fingerprint density at radius 1 is 1.45 bits per heavy atom. The molecule has 0 aromatic carbocycles. The highest BCUT2D eigenvalue weighted by Crippen LogP contribution is 2.18. The SMILES string of the molecule is COCCC1(N)CCNCC1. The smallest absolute Gasteiger partial charge is 0.0479 e. The molecule has 0 amide bonds. The summed E-state index contributed by atoms with van der Waals surface area (Å²) in [5.74, 6) is 0. The van der Waals surface area contributed by atoms with E-state index in [-0.39, 0.29) is 5.54 Å². The molecule has 0 aromatic heterocycles. The van der Waals surface area contributed by atoms with E-state index in [1.165, 1.54) is 0 Å². The molecule has 1 saturated heterocycles. The molecule has 66 valence electrons. The molecule has 3 N–H and O–H groups in total. The largest absolute Gasteiger partial charge is 0.385 e. The van der Waals surface area contributed by atoms with Crippen molar-refractivity contribution in [1.82, 2.24) is 5.32 Å². The molecule has 1 heterocycles. The van der Waals surface area contributed by atoms with Crippen molar-refractivity contribution >= 4 is 0 Å². The number of methoxy groups -OCH3 is 1. The van der Waals surface area contributed by atoms with Crippen LogP contribution < -0.4 is 11.1 Å². The van der Waals surface area contributed by atoms with Crippen molar-refractivity contribution in [3.63, 3.8) is 0 Å². The summed E-state index contributed by atoms with van der Waals surface area (Å²) >= 11 is 0. The van der Waals surface area contributed by atoms with Crippen LogP contribution in [0, 0.1) is 0 Å². The maximum atomic E-state index is 6.13. The Morgan fingerprint density at radius 2 is 2.09 bits per heavy atom. The van der Waals surface area contributed by atoms with Crippen molar-refractivity contribution in [2.75, 3.05) is 26.8 Å². The van der Waals surface area contributed by atoms with Crippen LogP contribution >= 0.6 is 0 Å². The number of hydrogen-bond donors (Lipinski definition) is 2. The topological polar surface area (TPSA) is 47.3 Å². The average molecular weight is 158 g/mol. The van der Waals surface area contributed by atoms with Gasteiger partial charge in [0.05, 0.1) is 0 Å². The number of rotatable bonds is 3. The summed E-state index contributed by atoms with van der Waals surface area (Å²) in [6, 6.07) is 0. The van der Waals surface area contributed by atoms with Gasteiger partial charge < -0.3 is 15.8 Å². The maximum absolute atomic E-state index is 6.13. The zero-order valence-corrected chi connectivity index (χ0v) is 7.23. The van der Waals surface area contributed by atoms with Gasteiger partial charge in [0.2, 0.25) is 0 Å². The predicted octanol–water partition coefficient (Wildman–Crippen LogP) is 0.104. The number of nitrogens with one attached hydrogen (secondary N) is 1. The lowest BCUT2D eigenvalue weighted by atomic mass is 9.87. The summed E-state index contributed by atoms with van der Waals surface area (Å²) in [6.45, 7) is 2.90. The van der Waals surface area contributed by atoms with Crippen LogP contribution in [0.25, 0.3) is 0 Å². The van der Waals surface area contributed by atoms with E-state index in [4.69, 9.17) is 10.5 Å². The Kier molecular flexibility index (Phi) is 3.30. The van der Waals surface area contributed by atoms with E-state index in [1.807, 2.05) is 0 Å². The van der Waals surface area contributed by atoms with Gasteiger partial charge in [-0.2, -0.15) is 0 Å². The molecule has 3 nitrogen and oxygen atoms in total. The molecule has 1 aliphatic heterocycles. The van der Waals surface area contributed by atoms with Crippen LogP contribution in [0.2, 0.25) is 0 Å². The molecule has 0 unspecified atom stereocenters. The third-order valence-corrected chi connectivity index (χ3v) is 2.40. The lowest BCUT2D eigenvalue weighted by Gasteiger charge is -2.33. The zero-order chi connectivity index (χ0) is 8.16. The van der Waals surface area contributed by atoms with Crippen molar-refractivity contribution in [3.8, 4) is 0 Å². The lowest BCUT2D eigenvalue weighted by molar-refractivity contribution is 0.154. The van der Waals surface area contributed by atoms with Gasteiger partial charge in [-0.1, -0.05) is 0 Å². The standard InChI is InChI=1S/C8H18N2O/c1-11-7-4-8(9)2-5-10-6-3-8/h10H,2-7,9H2,1H3. The molecular weight excluding hydrogens is 140 g/mol. The molecular formula is C8H18N2O. The Labute approximate surface area is 68.3 Å². The molecule has 3 heteroatoms. The van der Waals surface area contributed by atoms with E-state index < -0.39 is 0 Å². The van der Waals surface area contributed by atoms with Crippen molar-refractivity contribution in [2.45, 2.75) is 24.8 Å². The molecule has 0 saturated carbocycles. The molecule has 1 rings (SSSR count). The molecule has 11 heavy (non-hydrogen) atoms. The highest BCUT2D eigenvalue weighted by molar-refractivity contribution is 4.88. The van der Waals surface area contributed by atoms with E-state index in [1.54, 1.807) is 7.11 Å². The van der Waals surface area contributed by atoms with Gasteiger partial charge in [0.1, 0.15) is 0 Å². The fourth-order valence-electron chi connectivity index (χ4n) is 1.48. The normalized spacial score (nSPS) is 23.5. The highest BCUT2D eigenvalue weighted by atomic mass is 16.5. The summed E-state index contributed by atoms with van der Waals surface area (Å²) in [6.07, 6.45) is 3.15. The Hall–Kier alpha value is -0.120. The summed E-state index contributed by atoms with van der Waals surface area (Å²) in [5, 5.41) is 3.30. The first-order chi connectivity index (χ1) is 5.27. The fraction of sp³-hybridized carbons (Fsp3) is 1.00. The van der Waals surface area contributed by atoms with Gasteiger partial charge in [-0.3, -0.25) is 0 Å². The van der Waals surface area contributed by atoms with Crippen molar-refractivity contribution in [2.24, 2.45) is 5.73 Å². The minimum atomic E-state index is 0.0429. The van der Waals surface area contributed by atoms with Crippen LogP contribution in [0.4, 0.5) is 0 Å². The third-order valence-electron chi connectivity index (χ3n) is 2.40. The van der Waals surface area contributed by atoms with Crippen LogP contribution in [-0.4, -0.2) is 32.3 Å². The number of hydrogen-bond acceptors (Lipinski definition) is 3. The maximum Gasteiger partial charge on any atom is 0.0479 e. The monoisotopic (exact) mass is 158 g/mol. The number of ether oxygens (including phenoxy) is 1. The van der Waals surface area contributed by atoms with E-state index in [9.17, 15) is 0 Å². The van der Waals surface area contributed by atoms with E-state index in [0.717, 1.165) is 39.0 Å². The zero-order valence-electron chi connectivity index (χ0n) is 7.23. The van der Waals surface area contributed by atoms with Gasteiger partial charge >= 0.3 is 0 Å². The third kappa shape index (κ3) is 2.77. The van der Waals surface area contributed by atoms with Crippen LogP contribution in [0.5, 0.6) is 0 Å². The Bertz CT molecular complexity index is 111. The molecule has 0 radical (unpaired) electrons.